The maximum atomic E-state index is 12.3. The molecule has 0 radical (unpaired) electrons. The van der Waals surface area contributed by atoms with Crippen molar-refractivity contribution in [2.24, 2.45) is 0 Å². The number of aliphatic hydroxyl groups is 2. The molecule has 35 heavy (non-hydrogen) atoms. The summed E-state index contributed by atoms with van der Waals surface area (Å²) in [6.45, 7) is 0.315. The van der Waals surface area contributed by atoms with E-state index in [4.69, 9.17) is 10.00 Å². The topological polar surface area (TPSA) is 120 Å². The molecule has 2 atom stereocenters. The summed E-state index contributed by atoms with van der Waals surface area (Å²) in [5.41, 5.74) is 5.36. The number of alkyl carbamates (subject to hydrolysis) is 1. The van der Waals surface area contributed by atoms with E-state index in [0.29, 0.717) is 11.1 Å². The van der Waals surface area contributed by atoms with E-state index in [0.717, 1.165) is 22.3 Å². The van der Waals surface area contributed by atoms with Gasteiger partial charge >= 0.3 is 6.09 Å². The molecule has 0 saturated heterocycles. The number of Topliss-reactive ketones (excluding diaryl/α,β-unsaturated/α-hetero) is 1. The zero-order chi connectivity index (χ0) is 24.8. The first-order valence-electron chi connectivity index (χ1n) is 11.4. The molecule has 0 aromatic heterocycles. The Kier molecular flexibility index (Phi) is 7.56. The van der Waals surface area contributed by atoms with E-state index in [1.807, 2.05) is 36.4 Å². The van der Waals surface area contributed by atoms with Gasteiger partial charge in [0, 0.05) is 18.0 Å². The van der Waals surface area contributed by atoms with Crippen molar-refractivity contribution < 1.29 is 24.5 Å². The number of ketones is 1. The zero-order valence-electron chi connectivity index (χ0n) is 19.1. The highest BCUT2D eigenvalue weighted by Gasteiger charge is 2.29. The van der Waals surface area contributed by atoms with Gasteiger partial charge < -0.3 is 20.3 Å². The minimum Gasteiger partial charge on any atom is -0.449 e. The first-order valence-corrected chi connectivity index (χ1v) is 11.4. The summed E-state index contributed by atoms with van der Waals surface area (Å²) in [5, 5.41) is 31.9. The highest BCUT2D eigenvalue weighted by molar-refractivity contribution is 5.97. The number of nitriles is 1. The number of amides is 1. The lowest BCUT2D eigenvalue weighted by Crippen LogP contribution is -2.30. The standard InChI is InChI=1S/C28H26N2O5/c29-15-13-25(31)18-9-11-19(12-10-18)27(33)26(32)14-16-30-28(34)35-17-24-22-7-3-1-5-20(22)21-6-2-4-8-23(21)24/h1-12,24,26-27,32-33H,13-14,16-17H2,(H,30,34). The van der Waals surface area contributed by atoms with Gasteiger partial charge in [-0.25, -0.2) is 4.79 Å². The van der Waals surface area contributed by atoms with Crippen LogP contribution in [0.15, 0.2) is 72.8 Å². The number of hydrogen-bond donors (Lipinski definition) is 3. The van der Waals surface area contributed by atoms with Crippen molar-refractivity contribution in [2.75, 3.05) is 13.2 Å². The van der Waals surface area contributed by atoms with E-state index >= 15 is 0 Å². The van der Waals surface area contributed by atoms with E-state index in [9.17, 15) is 19.8 Å². The van der Waals surface area contributed by atoms with Crippen LogP contribution in [0, 0.1) is 11.3 Å². The molecule has 7 heteroatoms. The fourth-order valence-corrected chi connectivity index (χ4v) is 4.39. The maximum absolute atomic E-state index is 12.3. The number of nitrogens with zero attached hydrogens (tertiary/aromatic N) is 1. The summed E-state index contributed by atoms with van der Waals surface area (Å²) in [4.78, 5) is 24.0. The van der Waals surface area contributed by atoms with Crippen LogP contribution in [0.1, 0.15) is 51.9 Å². The molecule has 3 aromatic rings. The predicted molar refractivity (Wildman–Crippen MR) is 130 cm³/mol. The molecule has 3 N–H and O–H groups in total. The number of hydrogen-bond acceptors (Lipinski definition) is 6. The van der Waals surface area contributed by atoms with Crippen LogP contribution >= 0.6 is 0 Å². The molecule has 0 fully saturated rings. The highest BCUT2D eigenvalue weighted by Crippen LogP contribution is 2.44. The Morgan fingerprint density at radius 3 is 2.14 bits per heavy atom. The van der Waals surface area contributed by atoms with Crippen molar-refractivity contribution in [1.82, 2.24) is 5.32 Å². The smallest absolute Gasteiger partial charge is 0.407 e. The Hall–Kier alpha value is -3.99. The molecule has 7 nitrogen and oxygen atoms in total. The van der Waals surface area contributed by atoms with E-state index in [2.05, 4.69) is 17.4 Å². The first-order chi connectivity index (χ1) is 17.0. The van der Waals surface area contributed by atoms with Gasteiger partial charge in [-0.1, -0.05) is 72.8 Å². The Labute approximate surface area is 203 Å². The Balaban J connectivity index is 1.25. The number of carbonyl (C=O) groups excluding carboxylic acids is 2. The molecule has 0 aliphatic heterocycles. The lowest BCUT2D eigenvalue weighted by Gasteiger charge is -2.19. The first kappa shape index (κ1) is 24.1. The van der Waals surface area contributed by atoms with E-state index in [1.54, 1.807) is 6.07 Å². The summed E-state index contributed by atoms with van der Waals surface area (Å²) in [5.74, 6) is -0.343. The van der Waals surface area contributed by atoms with Crippen LogP contribution in [-0.2, 0) is 4.74 Å². The normalized spacial score (nSPS) is 13.7. The SMILES string of the molecule is N#CCC(=O)c1ccc(C(O)C(O)CCNC(=O)OCC2c3ccccc3-c3ccccc32)cc1. The Bertz CT molecular complexity index is 1200. The molecule has 178 valence electrons. The third kappa shape index (κ3) is 5.40. The summed E-state index contributed by atoms with van der Waals surface area (Å²) in [7, 11) is 0. The fourth-order valence-electron chi connectivity index (χ4n) is 4.39. The van der Waals surface area contributed by atoms with Gasteiger partial charge in [0.1, 0.15) is 12.7 Å². The second-order valence-electron chi connectivity index (χ2n) is 8.43. The van der Waals surface area contributed by atoms with E-state index in [-0.39, 0.29) is 37.7 Å². The Morgan fingerprint density at radius 2 is 1.54 bits per heavy atom. The number of benzene rings is 3. The second kappa shape index (κ2) is 11.0. The number of rotatable bonds is 9. The quantitative estimate of drug-likeness (QED) is 0.405. The molecule has 1 aliphatic rings. The fraction of sp³-hybridized carbons (Fsp3) is 0.250. The lowest BCUT2D eigenvalue weighted by atomic mass is 9.98. The average molecular weight is 471 g/mol. The van der Waals surface area contributed by atoms with Gasteiger partial charge in [0.15, 0.2) is 5.78 Å². The average Bonchev–Trinajstić information content (AvgIpc) is 3.21. The molecule has 0 heterocycles. The molecule has 2 unspecified atom stereocenters. The van der Waals surface area contributed by atoms with Crippen LogP contribution in [0.25, 0.3) is 11.1 Å². The third-order valence-corrected chi connectivity index (χ3v) is 6.23. The number of aliphatic hydroxyl groups excluding tert-OH is 2. The van der Waals surface area contributed by atoms with Gasteiger partial charge in [-0.05, 0) is 34.2 Å². The molecular formula is C28H26N2O5. The van der Waals surface area contributed by atoms with Gasteiger partial charge in [-0.2, -0.15) is 5.26 Å². The summed E-state index contributed by atoms with van der Waals surface area (Å²) < 4.78 is 5.47. The van der Waals surface area contributed by atoms with Crippen LogP contribution in [0.5, 0.6) is 0 Å². The van der Waals surface area contributed by atoms with Gasteiger partial charge in [0.2, 0.25) is 0 Å². The monoisotopic (exact) mass is 470 g/mol. The lowest BCUT2D eigenvalue weighted by molar-refractivity contribution is 0.0136. The highest BCUT2D eigenvalue weighted by atomic mass is 16.5. The van der Waals surface area contributed by atoms with Crippen molar-refractivity contribution in [3.63, 3.8) is 0 Å². The van der Waals surface area contributed by atoms with Crippen LogP contribution in [-0.4, -0.2) is 41.3 Å². The largest absolute Gasteiger partial charge is 0.449 e. The molecule has 1 aliphatic carbocycles. The third-order valence-electron chi connectivity index (χ3n) is 6.23. The zero-order valence-corrected chi connectivity index (χ0v) is 19.1. The summed E-state index contributed by atoms with van der Waals surface area (Å²) in [6, 6.07) is 24.1. The van der Waals surface area contributed by atoms with Crippen molar-refractivity contribution in [2.45, 2.75) is 31.0 Å². The van der Waals surface area contributed by atoms with E-state index in [1.165, 1.54) is 24.3 Å². The van der Waals surface area contributed by atoms with Gasteiger partial charge in [0.25, 0.3) is 0 Å². The predicted octanol–water partition coefficient (Wildman–Crippen LogP) is 4.11. The molecule has 1 amide bonds. The molecule has 3 aromatic carbocycles. The van der Waals surface area contributed by atoms with Crippen molar-refractivity contribution in [3.8, 4) is 17.2 Å². The van der Waals surface area contributed by atoms with Crippen molar-refractivity contribution in [3.05, 3.63) is 95.1 Å². The van der Waals surface area contributed by atoms with Crippen molar-refractivity contribution in [1.29, 1.82) is 5.26 Å². The molecule has 0 spiro atoms. The van der Waals surface area contributed by atoms with Crippen LogP contribution in [0.3, 0.4) is 0 Å². The maximum Gasteiger partial charge on any atom is 0.407 e. The molecular weight excluding hydrogens is 444 g/mol. The molecule has 0 bridgehead atoms. The van der Waals surface area contributed by atoms with Crippen LogP contribution in [0.2, 0.25) is 0 Å². The van der Waals surface area contributed by atoms with Crippen molar-refractivity contribution >= 4 is 11.9 Å². The number of fused-ring (bicyclic) bond motifs is 3. The van der Waals surface area contributed by atoms with Gasteiger partial charge in [-0.15, -0.1) is 0 Å². The summed E-state index contributed by atoms with van der Waals surface area (Å²) in [6.07, 6.45) is -3.00. The number of carbonyl (C=O) groups is 2. The summed E-state index contributed by atoms with van der Waals surface area (Å²) >= 11 is 0. The molecule has 4 rings (SSSR count). The van der Waals surface area contributed by atoms with E-state index < -0.39 is 18.3 Å². The van der Waals surface area contributed by atoms with Crippen LogP contribution < -0.4 is 5.32 Å². The number of ether oxygens (including phenoxy) is 1. The van der Waals surface area contributed by atoms with Gasteiger partial charge in [-0.3, -0.25) is 4.79 Å². The second-order valence-corrected chi connectivity index (χ2v) is 8.43. The number of nitrogens with one attached hydrogen (secondary N) is 1. The molecule has 0 saturated carbocycles. The minimum absolute atomic E-state index is 0.0384. The van der Waals surface area contributed by atoms with Crippen LogP contribution in [0.4, 0.5) is 4.79 Å². The van der Waals surface area contributed by atoms with Gasteiger partial charge in [0.05, 0.1) is 18.6 Å². The Morgan fingerprint density at radius 1 is 0.943 bits per heavy atom. The minimum atomic E-state index is -1.18.